The second-order valence-corrected chi connectivity index (χ2v) is 3.81. The number of benzene rings is 1. The van der Waals surface area contributed by atoms with Gasteiger partial charge in [0.05, 0.1) is 16.5 Å². The Labute approximate surface area is 97.0 Å². The molecule has 0 bridgehead atoms. The second kappa shape index (κ2) is 4.21. The van der Waals surface area contributed by atoms with Gasteiger partial charge in [-0.05, 0) is 19.1 Å². The highest BCUT2D eigenvalue weighted by molar-refractivity contribution is 6.33. The summed E-state index contributed by atoms with van der Waals surface area (Å²) in [5, 5.41) is 4.29. The summed E-state index contributed by atoms with van der Waals surface area (Å²) in [4.78, 5) is 4.11. The van der Waals surface area contributed by atoms with Crippen LogP contribution in [0.4, 0.5) is 0 Å². The lowest BCUT2D eigenvalue weighted by atomic mass is 10.1. The van der Waals surface area contributed by atoms with Crippen molar-refractivity contribution >= 4 is 23.2 Å². The first kappa shape index (κ1) is 10.5. The van der Waals surface area contributed by atoms with E-state index in [9.17, 15) is 0 Å². The van der Waals surface area contributed by atoms with Gasteiger partial charge in [-0.2, -0.15) is 4.98 Å². The normalized spacial score (nSPS) is 10.6. The largest absolute Gasteiger partial charge is 0.334 e. The SMILES string of the molecule is Cc1ccc(Cl)c(-c2nc(CCl)no2)c1. The van der Waals surface area contributed by atoms with Crippen LogP contribution in [-0.2, 0) is 5.88 Å². The maximum atomic E-state index is 6.02. The molecule has 0 radical (unpaired) electrons. The van der Waals surface area contributed by atoms with Gasteiger partial charge in [0.2, 0.25) is 0 Å². The van der Waals surface area contributed by atoms with Gasteiger partial charge in [-0.1, -0.05) is 28.4 Å². The molecule has 0 saturated carbocycles. The molecule has 1 aromatic carbocycles. The molecule has 0 unspecified atom stereocenters. The Hall–Kier alpha value is -1.06. The van der Waals surface area contributed by atoms with E-state index in [2.05, 4.69) is 10.1 Å². The van der Waals surface area contributed by atoms with Crippen LogP contribution in [0.2, 0.25) is 5.02 Å². The van der Waals surface area contributed by atoms with Gasteiger partial charge in [0, 0.05) is 0 Å². The molecule has 15 heavy (non-hydrogen) atoms. The van der Waals surface area contributed by atoms with E-state index in [4.69, 9.17) is 27.7 Å². The standard InChI is InChI=1S/C10H8Cl2N2O/c1-6-2-3-8(12)7(4-6)10-13-9(5-11)14-15-10/h2-4H,5H2,1H3. The van der Waals surface area contributed by atoms with E-state index in [0.29, 0.717) is 16.7 Å². The van der Waals surface area contributed by atoms with E-state index < -0.39 is 0 Å². The predicted octanol–water partition coefficient (Wildman–Crippen LogP) is 3.44. The Morgan fingerprint density at radius 2 is 2.20 bits per heavy atom. The maximum absolute atomic E-state index is 6.02. The van der Waals surface area contributed by atoms with E-state index in [1.54, 1.807) is 6.07 Å². The van der Waals surface area contributed by atoms with Crippen molar-refractivity contribution in [2.24, 2.45) is 0 Å². The third-order valence-corrected chi connectivity index (χ3v) is 2.51. The van der Waals surface area contributed by atoms with Crippen LogP contribution in [0.3, 0.4) is 0 Å². The Bertz CT molecular complexity index is 482. The Kier molecular flexibility index (Phi) is 2.93. The van der Waals surface area contributed by atoms with Crippen LogP contribution < -0.4 is 0 Å². The molecule has 3 nitrogen and oxygen atoms in total. The van der Waals surface area contributed by atoms with Crippen molar-refractivity contribution in [3.8, 4) is 11.5 Å². The molecular formula is C10H8Cl2N2O. The molecular weight excluding hydrogens is 235 g/mol. The summed E-state index contributed by atoms with van der Waals surface area (Å²) < 4.78 is 5.05. The summed E-state index contributed by atoms with van der Waals surface area (Å²) in [7, 11) is 0. The van der Waals surface area contributed by atoms with Crippen molar-refractivity contribution in [1.82, 2.24) is 10.1 Å². The number of aryl methyl sites for hydroxylation is 1. The summed E-state index contributed by atoms with van der Waals surface area (Å²) in [5.41, 5.74) is 1.82. The molecule has 0 aliphatic carbocycles. The van der Waals surface area contributed by atoms with E-state index in [1.165, 1.54) is 0 Å². The van der Waals surface area contributed by atoms with Crippen molar-refractivity contribution in [2.45, 2.75) is 12.8 Å². The average molecular weight is 243 g/mol. The Morgan fingerprint density at radius 3 is 2.87 bits per heavy atom. The molecule has 2 rings (SSSR count). The number of halogens is 2. The molecule has 0 spiro atoms. The zero-order valence-electron chi connectivity index (χ0n) is 8.00. The number of alkyl halides is 1. The highest BCUT2D eigenvalue weighted by atomic mass is 35.5. The zero-order valence-corrected chi connectivity index (χ0v) is 9.51. The molecule has 0 N–H and O–H groups in total. The van der Waals surface area contributed by atoms with Gasteiger partial charge >= 0.3 is 0 Å². The van der Waals surface area contributed by atoms with Gasteiger partial charge in [0.1, 0.15) is 0 Å². The van der Waals surface area contributed by atoms with Gasteiger partial charge in [-0.15, -0.1) is 11.6 Å². The lowest BCUT2D eigenvalue weighted by Crippen LogP contribution is -1.83. The number of hydrogen-bond acceptors (Lipinski definition) is 3. The van der Waals surface area contributed by atoms with Gasteiger partial charge < -0.3 is 4.52 Å². The zero-order chi connectivity index (χ0) is 10.8. The monoisotopic (exact) mass is 242 g/mol. The second-order valence-electron chi connectivity index (χ2n) is 3.13. The van der Waals surface area contributed by atoms with Gasteiger partial charge in [0.25, 0.3) is 5.89 Å². The van der Waals surface area contributed by atoms with E-state index in [-0.39, 0.29) is 5.88 Å². The summed E-state index contributed by atoms with van der Waals surface area (Å²) >= 11 is 11.6. The fourth-order valence-electron chi connectivity index (χ4n) is 1.22. The number of aromatic nitrogens is 2. The van der Waals surface area contributed by atoms with Crippen LogP contribution in [-0.4, -0.2) is 10.1 Å². The number of nitrogens with zero attached hydrogens (tertiary/aromatic N) is 2. The molecule has 78 valence electrons. The van der Waals surface area contributed by atoms with Crippen LogP contribution in [0.15, 0.2) is 22.7 Å². The van der Waals surface area contributed by atoms with Crippen molar-refractivity contribution in [3.05, 3.63) is 34.6 Å². The molecule has 0 atom stereocenters. The highest BCUT2D eigenvalue weighted by Crippen LogP contribution is 2.27. The van der Waals surface area contributed by atoms with Crippen molar-refractivity contribution in [2.75, 3.05) is 0 Å². The fraction of sp³-hybridized carbons (Fsp3) is 0.200. The summed E-state index contributed by atoms with van der Waals surface area (Å²) in [5.74, 6) is 1.09. The van der Waals surface area contributed by atoms with Gasteiger partial charge in [-0.25, -0.2) is 0 Å². The molecule has 2 aromatic rings. The molecule has 1 aromatic heterocycles. The Balaban J connectivity index is 2.48. The first-order chi connectivity index (χ1) is 7.20. The topological polar surface area (TPSA) is 38.9 Å². The molecule has 0 aliphatic rings. The number of rotatable bonds is 2. The van der Waals surface area contributed by atoms with Gasteiger partial charge in [-0.3, -0.25) is 0 Å². The fourth-order valence-corrected chi connectivity index (χ4v) is 1.53. The smallest absolute Gasteiger partial charge is 0.259 e. The first-order valence-corrected chi connectivity index (χ1v) is 5.27. The van der Waals surface area contributed by atoms with Crippen LogP contribution in [0.25, 0.3) is 11.5 Å². The molecule has 0 amide bonds. The van der Waals surface area contributed by atoms with Crippen LogP contribution in [0.1, 0.15) is 11.4 Å². The lowest BCUT2D eigenvalue weighted by molar-refractivity contribution is 0.425. The minimum absolute atomic E-state index is 0.229. The van der Waals surface area contributed by atoms with E-state index in [0.717, 1.165) is 11.1 Å². The third-order valence-electron chi connectivity index (χ3n) is 1.94. The average Bonchev–Trinajstić information content (AvgIpc) is 2.70. The van der Waals surface area contributed by atoms with Gasteiger partial charge in [0.15, 0.2) is 5.82 Å². The molecule has 5 heteroatoms. The molecule has 1 heterocycles. The Morgan fingerprint density at radius 1 is 1.40 bits per heavy atom. The van der Waals surface area contributed by atoms with Crippen LogP contribution in [0.5, 0.6) is 0 Å². The first-order valence-electron chi connectivity index (χ1n) is 4.36. The van der Waals surface area contributed by atoms with E-state index >= 15 is 0 Å². The minimum Gasteiger partial charge on any atom is -0.334 e. The third kappa shape index (κ3) is 2.13. The van der Waals surface area contributed by atoms with Crippen molar-refractivity contribution < 1.29 is 4.52 Å². The number of hydrogen-bond donors (Lipinski definition) is 0. The summed E-state index contributed by atoms with van der Waals surface area (Å²) in [6.07, 6.45) is 0. The summed E-state index contributed by atoms with van der Waals surface area (Å²) in [6, 6.07) is 5.62. The maximum Gasteiger partial charge on any atom is 0.259 e. The summed E-state index contributed by atoms with van der Waals surface area (Å²) in [6.45, 7) is 1.97. The molecule has 0 aliphatic heterocycles. The quantitative estimate of drug-likeness (QED) is 0.758. The van der Waals surface area contributed by atoms with Crippen LogP contribution in [0, 0.1) is 6.92 Å². The van der Waals surface area contributed by atoms with E-state index in [1.807, 2.05) is 19.1 Å². The lowest BCUT2D eigenvalue weighted by Gasteiger charge is -1.99. The highest BCUT2D eigenvalue weighted by Gasteiger charge is 2.11. The van der Waals surface area contributed by atoms with Crippen LogP contribution >= 0.6 is 23.2 Å². The molecule has 0 saturated heterocycles. The molecule has 0 fully saturated rings. The minimum atomic E-state index is 0.229. The van der Waals surface area contributed by atoms with Crippen molar-refractivity contribution in [3.63, 3.8) is 0 Å². The predicted molar refractivity (Wildman–Crippen MR) is 59.0 cm³/mol. The van der Waals surface area contributed by atoms with Crippen molar-refractivity contribution in [1.29, 1.82) is 0 Å².